The van der Waals surface area contributed by atoms with Crippen LogP contribution in [0, 0.1) is 23.2 Å². The van der Waals surface area contributed by atoms with E-state index >= 15 is 0 Å². The van der Waals surface area contributed by atoms with Gasteiger partial charge in [0, 0.05) is 13.0 Å². The number of rotatable bonds is 7. The number of amides is 1. The number of hydrogen-bond donors (Lipinski definition) is 2. The quantitative estimate of drug-likeness (QED) is 0.748. The molecule has 4 nitrogen and oxygen atoms in total. The first-order valence-electron chi connectivity index (χ1n) is 7.02. The van der Waals surface area contributed by atoms with E-state index in [2.05, 4.69) is 33.0 Å². The van der Waals surface area contributed by atoms with Crippen LogP contribution < -0.4 is 5.32 Å². The van der Waals surface area contributed by atoms with Gasteiger partial charge < -0.3 is 10.4 Å². The summed E-state index contributed by atoms with van der Waals surface area (Å²) in [4.78, 5) is 22.8. The van der Waals surface area contributed by atoms with Gasteiger partial charge in [0.05, 0.1) is 5.92 Å². The van der Waals surface area contributed by atoms with Crippen molar-refractivity contribution >= 4 is 11.9 Å². The molecule has 0 rings (SSSR count). The van der Waals surface area contributed by atoms with E-state index < -0.39 is 11.9 Å². The molecule has 4 heteroatoms. The van der Waals surface area contributed by atoms with E-state index in [1.54, 1.807) is 0 Å². The van der Waals surface area contributed by atoms with Gasteiger partial charge in [-0.3, -0.25) is 9.59 Å². The minimum absolute atomic E-state index is 0.0183. The molecule has 19 heavy (non-hydrogen) atoms. The lowest BCUT2D eigenvalue weighted by Gasteiger charge is -2.23. The topological polar surface area (TPSA) is 66.4 Å². The van der Waals surface area contributed by atoms with E-state index in [0.29, 0.717) is 12.3 Å². The molecule has 0 saturated heterocycles. The van der Waals surface area contributed by atoms with Crippen molar-refractivity contribution in [2.45, 2.75) is 54.4 Å². The molecule has 0 spiro atoms. The highest BCUT2D eigenvalue weighted by Gasteiger charge is 2.23. The summed E-state index contributed by atoms with van der Waals surface area (Å²) in [7, 11) is 0. The summed E-state index contributed by atoms with van der Waals surface area (Å²) in [5, 5.41) is 11.8. The van der Waals surface area contributed by atoms with Gasteiger partial charge in [0.25, 0.3) is 0 Å². The van der Waals surface area contributed by atoms with Gasteiger partial charge in [0.2, 0.25) is 5.91 Å². The third-order valence-electron chi connectivity index (χ3n) is 3.14. The lowest BCUT2D eigenvalue weighted by Crippen LogP contribution is -2.36. The Morgan fingerprint density at radius 2 is 1.68 bits per heavy atom. The molecule has 2 atom stereocenters. The minimum atomic E-state index is -0.849. The highest BCUT2D eigenvalue weighted by Crippen LogP contribution is 2.25. The summed E-state index contributed by atoms with van der Waals surface area (Å²) in [6.45, 7) is 12.4. The number of carbonyl (C=O) groups excluding carboxylic acids is 1. The molecule has 0 saturated carbocycles. The fourth-order valence-corrected chi connectivity index (χ4v) is 2.34. The second-order valence-corrected chi connectivity index (χ2v) is 7.07. The lowest BCUT2D eigenvalue weighted by molar-refractivity contribution is -0.143. The minimum Gasteiger partial charge on any atom is -0.481 e. The number of aliphatic carboxylic acids is 1. The van der Waals surface area contributed by atoms with Crippen LogP contribution in [0.1, 0.15) is 54.4 Å². The van der Waals surface area contributed by atoms with Crippen LogP contribution in [0.2, 0.25) is 0 Å². The Morgan fingerprint density at radius 3 is 2.05 bits per heavy atom. The summed E-state index contributed by atoms with van der Waals surface area (Å²) in [6.07, 6.45) is 1.44. The van der Waals surface area contributed by atoms with Gasteiger partial charge in [0.15, 0.2) is 0 Å². The Hall–Kier alpha value is -1.06. The van der Waals surface area contributed by atoms with Crippen molar-refractivity contribution in [2.24, 2.45) is 23.2 Å². The van der Waals surface area contributed by atoms with E-state index in [4.69, 9.17) is 5.11 Å². The van der Waals surface area contributed by atoms with Crippen LogP contribution in [0.4, 0.5) is 0 Å². The molecule has 0 radical (unpaired) electrons. The fourth-order valence-electron chi connectivity index (χ4n) is 2.34. The molecule has 2 N–H and O–H groups in total. The Kier molecular flexibility index (Phi) is 7.09. The largest absolute Gasteiger partial charge is 0.481 e. The summed E-state index contributed by atoms with van der Waals surface area (Å²) >= 11 is 0. The Bertz CT molecular complexity index is 305. The van der Waals surface area contributed by atoms with Crippen LogP contribution in [0.5, 0.6) is 0 Å². The third kappa shape index (κ3) is 8.62. The standard InChI is InChI=1S/C15H29NO3/c1-10(2)12(14(18)19)9-16-13(17)7-11(3)8-15(4,5)6/h10-12H,7-9H2,1-6H3,(H,16,17)(H,18,19). The maximum absolute atomic E-state index is 11.8. The maximum atomic E-state index is 11.8. The van der Waals surface area contributed by atoms with Crippen LogP contribution in [-0.4, -0.2) is 23.5 Å². The van der Waals surface area contributed by atoms with Gasteiger partial charge in [-0.15, -0.1) is 0 Å². The van der Waals surface area contributed by atoms with E-state index in [1.807, 2.05) is 13.8 Å². The second-order valence-electron chi connectivity index (χ2n) is 7.07. The van der Waals surface area contributed by atoms with Gasteiger partial charge in [-0.05, 0) is 23.7 Å². The van der Waals surface area contributed by atoms with Crippen LogP contribution in [0.15, 0.2) is 0 Å². The highest BCUT2D eigenvalue weighted by molar-refractivity contribution is 5.77. The Labute approximate surface area is 117 Å². The molecule has 0 aliphatic heterocycles. The molecule has 0 heterocycles. The predicted octanol–water partition coefficient (Wildman–Crippen LogP) is 2.92. The van der Waals surface area contributed by atoms with Crippen molar-refractivity contribution in [3.05, 3.63) is 0 Å². The van der Waals surface area contributed by atoms with Crippen LogP contribution in [0.25, 0.3) is 0 Å². The van der Waals surface area contributed by atoms with Crippen LogP contribution in [-0.2, 0) is 9.59 Å². The summed E-state index contributed by atoms with van der Waals surface area (Å²) < 4.78 is 0. The van der Waals surface area contributed by atoms with Crippen LogP contribution in [0.3, 0.4) is 0 Å². The first-order chi connectivity index (χ1) is 8.53. The molecular weight excluding hydrogens is 242 g/mol. The van der Waals surface area contributed by atoms with Gasteiger partial charge in [-0.25, -0.2) is 0 Å². The third-order valence-corrected chi connectivity index (χ3v) is 3.14. The van der Waals surface area contributed by atoms with Crippen molar-refractivity contribution < 1.29 is 14.7 Å². The first kappa shape index (κ1) is 17.9. The number of hydrogen-bond acceptors (Lipinski definition) is 2. The zero-order valence-corrected chi connectivity index (χ0v) is 13.1. The van der Waals surface area contributed by atoms with Crippen molar-refractivity contribution in [1.29, 1.82) is 0 Å². The van der Waals surface area contributed by atoms with Gasteiger partial charge >= 0.3 is 5.97 Å². The lowest BCUT2D eigenvalue weighted by atomic mass is 9.84. The summed E-state index contributed by atoms with van der Waals surface area (Å²) in [6, 6.07) is 0. The van der Waals surface area contributed by atoms with Crippen molar-refractivity contribution in [3.8, 4) is 0 Å². The smallest absolute Gasteiger partial charge is 0.308 e. The molecule has 0 aliphatic carbocycles. The number of carboxylic acids is 1. The Morgan fingerprint density at radius 1 is 1.16 bits per heavy atom. The molecule has 0 fully saturated rings. The van der Waals surface area contributed by atoms with Crippen LogP contribution >= 0.6 is 0 Å². The molecule has 0 aromatic heterocycles. The fraction of sp³-hybridized carbons (Fsp3) is 0.867. The van der Waals surface area contributed by atoms with E-state index in [-0.39, 0.29) is 23.8 Å². The van der Waals surface area contributed by atoms with Gasteiger partial charge in [0.1, 0.15) is 0 Å². The van der Waals surface area contributed by atoms with Crippen molar-refractivity contribution in [3.63, 3.8) is 0 Å². The first-order valence-corrected chi connectivity index (χ1v) is 7.02. The SMILES string of the molecule is CC(CC(=O)NCC(C(=O)O)C(C)C)CC(C)(C)C. The van der Waals surface area contributed by atoms with E-state index in [0.717, 1.165) is 6.42 Å². The van der Waals surface area contributed by atoms with Crippen molar-refractivity contribution in [1.82, 2.24) is 5.32 Å². The molecule has 112 valence electrons. The summed E-state index contributed by atoms with van der Waals surface area (Å²) in [5.74, 6) is -1.09. The number of carbonyl (C=O) groups is 2. The molecular formula is C15H29NO3. The zero-order chi connectivity index (χ0) is 15.2. The number of nitrogens with one attached hydrogen (secondary N) is 1. The van der Waals surface area contributed by atoms with Gasteiger partial charge in [-0.2, -0.15) is 0 Å². The van der Waals surface area contributed by atoms with E-state index in [9.17, 15) is 9.59 Å². The predicted molar refractivity (Wildman–Crippen MR) is 76.8 cm³/mol. The second kappa shape index (κ2) is 7.51. The molecule has 1 amide bonds. The van der Waals surface area contributed by atoms with E-state index in [1.165, 1.54) is 0 Å². The normalized spacial score (nSPS) is 15.1. The monoisotopic (exact) mass is 271 g/mol. The Balaban J connectivity index is 4.15. The molecule has 0 aliphatic rings. The average molecular weight is 271 g/mol. The number of carboxylic acid groups (broad SMARTS) is 1. The summed E-state index contributed by atoms with van der Waals surface area (Å²) in [5.41, 5.74) is 0.210. The van der Waals surface area contributed by atoms with Gasteiger partial charge in [-0.1, -0.05) is 41.5 Å². The average Bonchev–Trinajstić information content (AvgIpc) is 2.12. The maximum Gasteiger partial charge on any atom is 0.308 e. The molecule has 0 aromatic carbocycles. The zero-order valence-electron chi connectivity index (χ0n) is 13.1. The highest BCUT2D eigenvalue weighted by atomic mass is 16.4. The molecule has 0 bridgehead atoms. The van der Waals surface area contributed by atoms with Crippen molar-refractivity contribution in [2.75, 3.05) is 6.54 Å². The molecule has 2 unspecified atom stereocenters. The molecule has 0 aromatic rings.